The monoisotopic (exact) mass is 450 g/mol. The van der Waals surface area contributed by atoms with Gasteiger partial charge in [-0.25, -0.2) is 0 Å². The summed E-state index contributed by atoms with van der Waals surface area (Å²) in [6.45, 7) is 0. The fraction of sp³-hybridized carbons (Fsp3) is 0.364. The van der Waals surface area contributed by atoms with E-state index in [0.717, 1.165) is 19.3 Å². The summed E-state index contributed by atoms with van der Waals surface area (Å²) in [4.78, 5) is 25.7. The second-order valence-electron chi connectivity index (χ2n) is 7.23. The molecule has 8 heteroatoms. The van der Waals surface area contributed by atoms with Crippen LogP contribution in [0.4, 0.5) is 11.4 Å². The maximum atomic E-state index is 12.8. The molecule has 30 heavy (non-hydrogen) atoms. The molecule has 0 aliphatic heterocycles. The molecule has 0 spiro atoms. The van der Waals surface area contributed by atoms with E-state index >= 15 is 0 Å². The van der Waals surface area contributed by atoms with Crippen molar-refractivity contribution >= 4 is 46.4 Å². The third-order valence-electron chi connectivity index (χ3n) is 5.25. The highest BCUT2D eigenvalue weighted by molar-refractivity contribution is 6.31. The Hall–Kier alpha value is -2.44. The molecule has 2 unspecified atom stereocenters. The molecule has 2 atom stereocenters. The number of hydrogen-bond donors (Lipinski definition) is 2. The first-order valence-electron chi connectivity index (χ1n) is 9.70. The van der Waals surface area contributed by atoms with E-state index in [9.17, 15) is 9.59 Å². The molecule has 2 aromatic carbocycles. The van der Waals surface area contributed by atoms with Crippen LogP contribution in [0.2, 0.25) is 10.0 Å². The first kappa shape index (κ1) is 22.2. The van der Waals surface area contributed by atoms with E-state index in [1.807, 2.05) is 0 Å². The summed E-state index contributed by atoms with van der Waals surface area (Å²) < 4.78 is 10.6. The zero-order chi connectivity index (χ0) is 21.7. The number of carbonyl (C=O) groups is 2. The average Bonchev–Trinajstić information content (AvgIpc) is 2.74. The van der Waals surface area contributed by atoms with Crippen molar-refractivity contribution < 1.29 is 19.1 Å². The van der Waals surface area contributed by atoms with Crippen LogP contribution in [0.5, 0.6) is 11.5 Å². The molecular weight excluding hydrogens is 427 g/mol. The van der Waals surface area contributed by atoms with Crippen LogP contribution in [0, 0.1) is 11.8 Å². The first-order valence-corrected chi connectivity index (χ1v) is 10.5. The van der Waals surface area contributed by atoms with Gasteiger partial charge in [-0.15, -0.1) is 0 Å². The largest absolute Gasteiger partial charge is 0.495 e. The first-order chi connectivity index (χ1) is 14.4. The van der Waals surface area contributed by atoms with E-state index < -0.39 is 0 Å². The highest BCUT2D eigenvalue weighted by atomic mass is 35.5. The fourth-order valence-electron chi connectivity index (χ4n) is 3.69. The smallest absolute Gasteiger partial charge is 0.227 e. The van der Waals surface area contributed by atoms with Crippen LogP contribution in [0.3, 0.4) is 0 Å². The third kappa shape index (κ3) is 5.37. The summed E-state index contributed by atoms with van der Waals surface area (Å²) in [5.74, 6) is 0.220. The molecule has 1 saturated carbocycles. The molecule has 0 aromatic heterocycles. The standard InChI is InChI=1S/C22H24Cl2N2O4/c1-29-19-8-6-15(23)11-17(19)25-21(27)13-4-3-5-14(10-13)22(28)26-18-12-16(24)7-9-20(18)30-2/h6-9,11-14H,3-5,10H2,1-2H3,(H,25,27)(H,26,28). The van der Waals surface area contributed by atoms with Crippen molar-refractivity contribution in [2.45, 2.75) is 25.7 Å². The molecular formula is C22H24Cl2N2O4. The van der Waals surface area contributed by atoms with Gasteiger partial charge in [-0.2, -0.15) is 0 Å². The minimum atomic E-state index is -0.278. The molecule has 1 aliphatic carbocycles. The van der Waals surface area contributed by atoms with E-state index in [1.54, 1.807) is 36.4 Å². The molecule has 0 radical (unpaired) electrons. The lowest BCUT2D eigenvalue weighted by Gasteiger charge is -2.28. The molecule has 1 aliphatic rings. The number of rotatable bonds is 6. The summed E-state index contributed by atoms with van der Waals surface area (Å²) in [5, 5.41) is 6.78. The summed E-state index contributed by atoms with van der Waals surface area (Å²) in [7, 11) is 3.06. The minimum Gasteiger partial charge on any atom is -0.495 e. The van der Waals surface area contributed by atoms with Crippen LogP contribution >= 0.6 is 23.2 Å². The van der Waals surface area contributed by atoms with Gasteiger partial charge >= 0.3 is 0 Å². The Bertz CT molecular complexity index is 862. The van der Waals surface area contributed by atoms with E-state index in [-0.39, 0.29) is 23.7 Å². The summed E-state index contributed by atoms with van der Waals surface area (Å²) in [6, 6.07) is 10.1. The minimum absolute atomic E-state index is 0.145. The molecule has 0 saturated heterocycles. The maximum absolute atomic E-state index is 12.8. The van der Waals surface area contributed by atoms with Gasteiger partial charge in [0.25, 0.3) is 0 Å². The number of anilines is 2. The van der Waals surface area contributed by atoms with Crippen molar-refractivity contribution in [2.75, 3.05) is 24.9 Å². The number of hydrogen-bond acceptors (Lipinski definition) is 4. The Labute approximate surface area is 185 Å². The van der Waals surface area contributed by atoms with Crippen molar-refractivity contribution in [1.29, 1.82) is 0 Å². The normalized spacial score (nSPS) is 18.4. The van der Waals surface area contributed by atoms with Crippen LogP contribution < -0.4 is 20.1 Å². The van der Waals surface area contributed by atoms with Crippen molar-refractivity contribution in [2.24, 2.45) is 11.8 Å². The summed E-state index contributed by atoms with van der Waals surface area (Å²) >= 11 is 12.1. The summed E-state index contributed by atoms with van der Waals surface area (Å²) in [5.41, 5.74) is 1.04. The number of methoxy groups -OCH3 is 2. The lowest BCUT2D eigenvalue weighted by atomic mass is 9.80. The number of ether oxygens (including phenoxy) is 2. The molecule has 6 nitrogen and oxygen atoms in total. The number of nitrogens with one attached hydrogen (secondary N) is 2. The Kier molecular flexibility index (Phi) is 7.45. The van der Waals surface area contributed by atoms with Gasteiger partial charge in [0.1, 0.15) is 11.5 Å². The number of halogens is 2. The van der Waals surface area contributed by atoms with Gasteiger partial charge in [-0.1, -0.05) is 29.6 Å². The lowest BCUT2D eigenvalue weighted by molar-refractivity contribution is -0.124. The van der Waals surface area contributed by atoms with Gasteiger partial charge in [-0.3, -0.25) is 9.59 Å². The molecule has 1 fully saturated rings. The van der Waals surface area contributed by atoms with E-state index in [4.69, 9.17) is 32.7 Å². The Morgan fingerprint density at radius 2 is 1.27 bits per heavy atom. The third-order valence-corrected chi connectivity index (χ3v) is 5.72. The average molecular weight is 451 g/mol. The molecule has 2 aromatic rings. The molecule has 0 bridgehead atoms. The van der Waals surface area contributed by atoms with Gasteiger partial charge in [-0.05, 0) is 55.7 Å². The highest BCUT2D eigenvalue weighted by Crippen LogP contribution is 2.34. The fourth-order valence-corrected chi connectivity index (χ4v) is 4.04. The Balaban J connectivity index is 1.66. The van der Waals surface area contributed by atoms with Gasteiger partial charge in [0.05, 0.1) is 25.6 Å². The second kappa shape index (κ2) is 10.0. The molecule has 0 heterocycles. The zero-order valence-electron chi connectivity index (χ0n) is 16.8. The van der Waals surface area contributed by atoms with Crippen LogP contribution in [0.1, 0.15) is 25.7 Å². The van der Waals surface area contributed by atoms with Gasteiger partial charge in [0, 0.05) is 21.9 Å². The van der Waals surface area contributed by atoms with Crippen LogP contribution in [-0.4, -0.2) is 26.0 Å². The Morgan fingerprint density at radius 1 is 0.833 bits per heavy atom. The van der Waals surface area contributed by atoms with Crippen molar-refractivity contribution in [3.63, 3.8) is 0 Å². The zero-order valence-corrected chi connectivity index (χ0v) is 18.3. The molecule has 3 rings (SSSR count). The molecule has 160 valence electrons. The van der Waals surface area contributed by atoms with E-state index in [2.05, 4.69) is 10.6 Å². The molecule has 2 N–H and O–H groups in total. The van der Waals surface area contributed by atoms with Crippen molar-refractivity contribution in [1.82, 2.24) is 0 Å². The van der Waals surface area contributed by atoms with Gasteiger partial charge in [0.2, 0.25) is 11.8 Å². The Morgan fingerprint density at radius 3 is 1.67 bits per heavy atom. The van der Waals surface area contributed by atoms with E-state index in [1.165, 1.54) is 14.2 Å². The van der Waals surface area contributed by atoms with E-state index in [0.29, 0.717) is 39.3 Å². The van der Waals surface area contributed by atoms with Crippen molar-refractivity contribution in [3.8, 4) is 11.5 Å². The van der Waals surface area contributed by atoms with Crippen molar-refractivity contribution in [3.05, 3.63) is 46.4 Å². The second-order valence-corrected chi connectivity index (χ2v) is 8.10. The number of amides is 2. The lowest BCUT2D eigenvalue weighted by Crippen LogP contribution is -2.33. The van der Waals surface area contributed by atoms with Gasteiger partial charge in [0.15, 0.2) is 0 Å². The van der Waals surface area contributed by atoms with Crippen LogP contribution in [0.25, 0.3) is 0 Å². The SMILES string of the molecule is COc1ccc(Cl)cc1NC(=O)C1CCCC(C(=O)Nc2cc(Cl)ccc2OC)C1. The molecule has 2 amide bonds. The number of carbonyl (C=O) groups excluding carboxylic acids is 2. The maximum Gasteiger partial charge on any atom is 0.227 e. The predicted molar refractivity (Wildman–Crippen MR) is 119 cm³/mol. The number of benzene rings is 2. The highest BCUT2D eigenvalue weighted by Gasteiger charge is 2.32. The van der Waals surface area contributed by atoms with Gasteiger partial charge < -0.3 is 20.1 Å². The predicted octanol–water partition coefficient (Wildman–Crippen LogP) is 5.39. The van der Waals surface area contributed by atoms with Crippen LogP contribution in [0.15, 0.2) is 36.4 Å². The summed E-state index contributed by atoms with van der Waals surface area (Å²) in [6.07, 6.45) is 2.69. The quantitative estimate of drug-likeness (QED) is 0.617. The topological polar surface area (TPSA) is 76.7 Å². The van der Waals surface area contributed by atoms with Crippen LogP contribution in [-0.2, 0) is 9.59 Å².